The molecule has 0 saturated heterocycles. The van der Waals surface area contributed by atoms with Crippen molar-refractivity contribution in [3.05, 3.63) is 0 Å². The van der Waals surface area contributed by atoms with Gasteiger partial charge in [-0.15, -0.1) is 0 Å². The summed E-state index contributed by atoms with van der Waals surface area (Å²) in [5.74, 6) is 0. The molecule has 0 rings (SSSR count). The minimum absolute atomic E-state index is 0.0390. The molecule has 5 nitrogen and oxygen atoms in total. The Kier molecular flexibility index (Phi) is 10.6. The highest BCUT2D eigenvalue weighted by Crippen LogP contribution is 2.02. The minimum Gasteiger partial charge on any atom is -0.345 e. The van der Waals surface area contributed by atoms with Gasteiger partial charge in [0.1, 0.15) is 12.5 Å². The molecular weight excluding hydrogens is 216 g/mol. The lowest BCUT2D eigenvalue weighted by Gasteiger charge is -2.24. The Bertz CT molecular complexity index is 230. The van der Waals surface area contributed by atoms with Crippen LogP contribution in [0.15, 0.2) is 0 Å². The lowest BCUT2D eigenvalue weighted by Crippen LogP contribution is -2.41. The van der Waals surface area contributed by atoms with E-state index in [1.807, 2.05) is 13.8 Å². The van der Waals surface area contributed by atoms with Gasteiger partial charge in [0.2, 0.25) is 0 Å². The first-order chi connectivity index (χ1) is 8.28. The summed E-state index contributed by atoms with van der Waals surface area (Å²) in [5.41, 5.74) is 0. The molecule has 0 spiro atoms. The van der Waals surface area contributed by atoms with E-state index in [2.05, 4.69) is 22.8 Å². The van der Waals surface area contributed by atoms with Crippen LogP contribution in [0.2, 0.25) is 0 Å². The van der Waals surface area contributed by atoms with E-state index in [0.29, 0.717) is 25.9 Å². The maximum Gasteiger partial charge on any atom is 0.109 e. The highest BCUT2D eigenvalue weighted by atomic mass is 16.5. The molecular formula is C12H22N4O. The molecule has 0 amide bonds. The van der Waals surface area contributed by atoms with Crippen LogP contribution in [0.3, 0.4) is 0 Å². The molecule has 0 aliphatic heterocycles. The zero-order chi connectivity index (χ0) is 12.9. The molecule has 2 N–H and O–H groups in total. The predicted octanol–water partition coefficient (Wildman–Crippen LogP) is 1.48. The molecule has 0 aromatic carbocycles. The van der Waals surface area contributed by atoms with Gasteiger partial charge in [-0.3, -0.25) is 10.6 Å². The van der Waals surface area contributed by atoms with Crippen molar-refractivity contribution in [2.75, 3.05) is 13.1 Å². The number of nitrogens with zero attached hydrogens (tertiary/aromatic N) is 2. The van der Waals surface area contributed by atoms with Crippen LogP contribution in [0.25, 0.3) is 0 Å². The Labute approximate surface area is 104 Å². The zero-order valence-electron chi connectivity index (χ0n) is 10.7. The van der Waals surface area contributed by atoms with Gasteiger partial charge >= 0.3 is 0 Å². The van der Waals surface area contributed by atoms with Gasteiger partial charge in [0, 0.05) is 25.9 Å². The van der Waals surface area contributed by atoms with Crippen LogP contribution in [0.4, 0.5) is 0 Å². The second kappa shape index (κ2) is 11.3. The van der Waals surface area contributed by atoms with Gasteiger partial charge in [0.15, 0.2) is 0 Å². The largest absolute Gasteiger partial charge is 0.345 e. The number of nitrogens with one attached hydrogen (secondary N) is 2. The normalized spacial score (nSPS) is 13.6. The number of hydrogen-bond donors (Lipinski definition) is 2. The zero-order valence-corrected chi connectivity index (χ0v) is 10.7. The highest BCUT2D eigenvalue weighted by Gasteiger charge is 2.12. The number of rotatable bonds is 10. The smallest absolute Gasteiger partial charge is 0.109 e. The van der Waals surface area contributed by atoms with E-state index in [-0.39, 0.29) is 12.5 Å². The maximum atomic E-state index is 8.45. The highest BCUT2D eigenvalue weighted by molar-refractivity contribution is 4.72. The summed E-state index contributed by atoms with van der Waals surface area (Å²) in [6.45, 7) is 5.35. The molecule has 17 heavy (non-hydrogen) atoms. The van der Waals surface area contributed by atoms with Gasteiger partial charge in [0.05, 0.1) is 12.1 Å². The molecule has 0 saturated carbocycles. The van der Waals surface area contributed by atoms with Gasteiger partial charge in [-0.2, -0.15) is 10.5 Å². The molecule has 0 radical (unpaired) electrons. The summed E-state index contributed by atoms with van der Waals surface area (Å²) >= 11 is 0. The van der Waals surface area contributed by atoms with E-state index in [4.69, 9.17) is 15.3 Å². The Morgan fingerprint density at radius 1 is 0.941 bits per heavy atom. The Morgan fingerprint density at radius 3 is 1.65 bits per heavy atom. The molecule has 0 aliphatic rings. The monoisotopic (exact) mass is 238 g/mol. The molecule has 0 aromatic heterocycles. The van der Waals surface area contributed by atoms with E-state index in [9.17, 15) is 0 Å². The fourth-order valence-electron chi connectivity index (χ4n) is 1.35. The van der Waals surface area contributed by atoms with Crippen LogP contribution < -0.4 is 10.6 Å². The first kappa shape index (κ1) is 15.9. The van der Waals surface area contributed by atoms with Gasteiger partial charge in [-0.25, -0.2) is 0 Å². The quantitative estimate of drug-likeness (QED) is 0.445. The summed E-state index contributed by atoms with van der Waals surface area (Å²) < 4.78 is 5.80. The molecule has 2 atom stereocenters. The number of nitriles is 2. The third-order valence-electron chi connectivity index (χ3n) is 2.29. The number of hydrogen-bond acceptors (Lipinski definition) is 5. The van der Waals surface area contributed by atoms with Gasteiger partial charge in [-0.1, -0.05) is 13.8 Å². The van der Waals surface area contributed by atoms with E-state index < -0.39 is 0 Å². The lowest BCUT2D eigenvalue weighted by molar-refractivity contribution is -0.0487. The molecule has 0 heterocycles. The molecule has 0 bridgehead atoms. The van der Waals surface area contributed by atoms with Gasteiger partial charge < -0.3 is 4.74 Å². The molecule has 0 aliphatic carbocycles. The fraction of sp³-hybridized carbons (Fsp3) is 0.833. The Balaban J connectivity index is 3.87. The van der Waals surface area contributed by atoms with E-state index in [0.717, 1.165) is 12.8 Å². The maximum absolute atomic E-state index is 8.45. The average molecular weight is 238 g/mol. The third kappa shape index (κ3) is 8.65. The van der Waals surface area contributed by atoms with Crippen molar-refractivity contribution in [1.82, 2.24) is 10.6 Å². The predicted molar refractivity (Wildman–Crippen MR) is 65.7 cm³/mol. The fourth-order valence-corrected chi connectivity index (χ4v) is 1.35. The van der Waals surface area contributed by atoms with Crippen LogP contribution in [0.1, 0.15) is 39.5 Å². The van der Waals surface area contributed by atoms with Crippen molar-refractivity contribution < 1.29 is 4.74 Å². The first-order valence-electron chi connectivity index (χ1n) is 6.14. The summed E-state index contributed by atoms with van der Waals surface area (Å²) in [6, 6.07) is 4.17. The van der Waals surface area contributed by atoms with Crippen molar-refractivity contribution in [2.24, 2.45) is 0 Å². The van der Waals surface area contributed by atoms with Crippen molar-refractivity contribution in [3.63, 3.8) is 0 Å². The summed E-state index contributed by atoms with van der Waals surface area (Å²) in [5, 5.41) is 23.3. The van der Waals surface area contributed by atoms with E-state index in [1.165, 1.54) is 0 Å². The molecule has 96 valence electrons. The number of ether oxygens (including phenoxy) is 1. The molecule has 0 fully saturated rings. The lowest BCUT2D eigenvalue weighted by atomic mass is 10.3. The SMILES string of the molecule is CCC(NCCC#N)OC(CC)NCCC#N. The summed E-state index contributed by atoms with van der Waals surface area (Å²) in [6.07, 6.45) is 2.59. The Morgan fingerprint density at radius 2 is 1.35 bits per heavy atom. The third-order valence-corrected chi connectivity index (χ3v) is 2.29. The van der Waals surface area contributed by atoms with Crippen molar-refractivity contribution >= 4 is 0 Å². The molecule has 2 unspecified atom stereocenters. The van der Waals surface area contributed by atoms with Crippen LogP contribution in [-0.4, -0.2) is 25.5 Å². The summed E-state index contributed by atoms with van der Waals surface area (Å²) in [4.78, 5) is 0. The van der Waals surface area contributed by atoms with Gasteiger partial charge in [-0.05, 0) is 12.8 Å². The van der Waals surface area contributed by atoms with E-state index >= 15 is 0 Å². The second-order valence-electron chi connectivity index (χ2n) is 3.65. The van der Waals surface area contributed by atoms with Gasteiger partial charge in [0.25, 0.3) is 0 Å². The van der Waals surface area contributed by atoms with Crippen molar-refractivity contribution in [1.29, 1.82) is 10.5 Å². The first-order valence-corrected chi connectivity index (χ1v) is 6.14. The summed E-state index contributed by atoms with van der Waals surface area (Å²) in [7, 11) is 0. The van der Waals surface area contributed by atoms with Crippen LogP contribution in [0.5, 0.6) is 0 Å². The van der Waals surface area contributed by atoms with Crippen LogP contribution in [-0.2, 0) is 4.74 Å². The van der Waals surface area contributed by atoms with Crippen LogP contribution in [0, 0.1) is 22.7 Å². The average Bonchev–Trinajstić information content (AvgIpc) is 2.36. The topological polar surface area (TPSA) is 80.9 Å². The standard InChI is InChI=1S/C12H22N4O/c1-3-11(15-9-5-7-13)17-12(4-2)16-10-6-8-14/h11-12,15-16H,3-6,9-10H2,1-2H3. The minimum atomic E-state index is -0.0390. The van der Waals surface area contributed by atoms with Crippen LogP contribution >= 0.6 is 0 Å². The molecule has 5 heteroatoms. The van der Waals surface area contributed by atoms with Crippen molar-refractivity contribution in [3.8, 4) is 12.1 Å². The van der Waals surface area contributed by atoms with Crippen molar-refractivity contribution in [2.45, 2.75) is 52.0 Å². The molecule has 0 aromatic rings. The second-order valence-corrected chi connectivity index (χ2v) is 3.65. The van der Waals surface area contributed by atoms with E-state index in [1.54, 1.807) is 0 Å². The Hall–Kier alpha value is -1.14.